The molecule has 1 N–H and O–H groups in total. The van der Waals surface area contributed by atoms with Crippen LogP contribution < -0.4 is 5.32 Å². The third kappa shape index (κ3) is 8.74. The molecule has 9 heteroatoms. The molecule has 2 atom stereocenters. The zero-order valence-electron chi connectivity index (χ0n) is 27.5. The number of rotatable bonds is 17. The highest BCUT2D eigenvalue weighted by molar-refractivity contribution is 5.84. The predicted octanol–water partition coefficient (Wildman–Crippen LogP) is 5.63. The minimum atomic E-state index is -0.848. The molecule has 2 amide bonds. The Balaban J connectivity index is 1.32. The fourth-order valence-corrected chi connectivity index (χ4v) is 6.22. The van der Waals surface area contributed by atoms with Crippen molar-refractivity contribution in [2.75, 3.05) is 40.0 Å². The van der Waals surface area contributed by atoms with Crippen LogP contribution in [0.2, 0.25) is 0 Å². The monoisotopic (exact) mass is 649 g/mol. The molecule has 0 bridgehead atoms. The number of amides is 2. The number of methoxy groups -OCH3 is 1. The van der Waals surface area contributed by atoms with E-state index in [4.69, 9.17) is 14.2 Å². The third-order valence-corrected chi connectivity index (χ3v) is 8.52. The number of fused-ring (bicyclic) bond motifs is 3. The highest BCUT2D eigenvalue weighted by Gasteiger charge is 2.32. The molecule has 0 aliphatic heterocycles. The molecule has 0 saturated carbocycles. The quantitative estimate of drug-likeness (QED) is 0.0900. The molecule has 1 aliphatic rings. The SMILES string of the molecule is CCOC(CN(CCc1ccccc1)N(C(=O)CNC(=O)OCC1c2ccccc2-c2ccccc21)[C@H](C=O)Cc1ccccc1)OC. The molecule has 0 spiro atoms. The second-order valence-electron chi connectivity index (χ2n) is 11.6. The Labute approximate surface area is 282 Å². The molecule has 4 aromatic rings. The first-order valence-electron chi connectivity index (χ1n) is 16.4. The average Bonchev–Trinajstić information content (AvgIpc) is 3.45. The van der Waals surface area contributed by atoms with Crippen LogP contribution in [0, 0.1) is 0 Å². The number of carbonyl (C=O) groups is 3. The summed E-state index contributed by atoms with van der Waals surface area (Å²) in [6, 6.07) is 34.8. The third-order valence-electron chi connectivity index (χ3n) is 8.52. The topological polar surface area (TPSA) is 97.4 Å². The lowest BCUT2D eigenvalue weighted by Crippen LogP contribution is -2.58. The summed E-state index contributed by atoms with van der Waals surface area (Å²) in [5.41, 5.74) is 6.42. The van der Waals surface area contributed by atoms with E-state index in [1.54, 1.807) is 12.1 Å². The highest BCUT2D eigenvalue weighted by atomic mass is 16.7. The van der Waals surface area contributed by atoms with Gasteiger partial charge in [0.05, 0.1) is 6.54 Å². The maximum absolute atomic E-state index is 14.1. The van der Waals surface area contributed by atoms with E-state index >= 15 is 0 Å². The number of carbonyl (C=O) groups excluding carboxylic acids is 3. The van der Waals surface area contributed by atoms with Gasteiger partial charge in [0.2, 0.25) is 0 Å². The molecule has 0 aromatic heterocycles. The lowest BCUT2D eigenvalue weighted by molar-refractivity contribution is -0.181. The first-order chi connectivity index (χ1) is 23.5. The number of hydrogen-bond acceptors (Lipinski definition) is 7. The smallest absolute Gasteiger partial charge is 0.407 e. The van der Waals surface area contributed by atoms with Crippen molar-refractivity contribution >= 4 is 18.3 Å². The maximum atomic E-state index is 14.1. The van der Waals surface area contributed by atoms with E-state index in [-0.39, 0.29) is 32.0 Å². The molecule has 250 valence electrons. The fourth-order valence-electron chi connectivity index (χ4n) is 6.22. The van der Waals surface area contributed by atoms with Gasteiger partial charge in [-0.25, -0.2) is 9.80 Å². The van der Waals surface area contributed by atoms with E-state index in [1.807, 2.05) is 91.9 Å². The average molecular weight is 650 g/mol. The lowest BCUT2D eigenvalue weighted by Gasteiger charge is -2.40. The summed E-state index contributed by atoms with van der Waals surface area (Å²) in [5, 5.41) is 5.88. The van der Waals surface area contributed by atoms with Gasteiger partial charge in [-0.3, -0.25) is 9.80 Å². The predicted molar refractivity (Wildman–Crippen MR) is 184 cm³/mol. The van der Waals surface area contributed by atoms with Gasteiger partial charge in [0.15, 0.2) is 6.29 Å². The van der Waals surface area contributed by atoms with E-state index in [1.165, 1.54) is 5.01 Å². The van der Waals surface area contributed by atoms with Crippen LogP contribution in [0.3, 0.4) is 0 Å². The van der Waals surface area contributed by atoms with E-state index in [0.717, 1.165) is 39.7 Å². The minimum absolute atomic E-state index is 0.112. The van der Waals surface area contributed by atoms with Crippen molar-refractivity contribution in [1.82, 2.24) is 15.3 Å². The van der Waals surface area contributed by atoms with Crippen LogP contribution in [0.1, 0.15) is 35.1 Å². The number of benzene rings is 4. The van der Waals surface area contributed by atoms with Crippen molar-refractivity contribution in [3.05, 3.63) is 131 Å². The molecular formula is C39H43N3O6. The van der Waals surface area contributed by atoms with E-state index in [0.29, 0.717) is 19.6 Å². The van der Waals surface area contributed by atoms with Crippen LogP contribution in [0.25, 0.3) is 11.1 Å². The molecule has 0 radical (unpaired) electrons. The van der Waals surface area contributed by atoms with Crippen LogP contribution in [-0.4, -0.2) is 80.6 Å². The fraction of sp³-hybridized carbons (Fsp3) is 0.308. The molecule has 9 nitrogen and oxygen atoms in total. The number of ether oxygens (including phenoxy) is 3. The zero-order valence-corrected chi connectivity index (χ0v) is 27.5. The Bertz CT molecular complexity index is 1590. The summed E-state index contributed by atoms with van der Waals surface area (Å²) in [6.07, 6.45) is 0.297. The van der Waals surface area contributed by atoms with Gasteiger partial charge in [-0.1, -0.05) is 109 Å². The molecule has 4 aromatic carbocycles. The second-order valence-corrected chi connectivity index (χ2v) is 11.6. The van der Waals surface area contributed by atoms with E-state index < -0.39 is 24.3 Å². The van der Waals surface area contributed by atoms with Gasteiger partial charge in [-0.05, 0) is 46.7 Å². The van der Waals surface area contributed by atoms with Gasteiger partial charge < -0.3 is 24.3 Å². The first kappa shape index (κ1) is 34.5. The van der Waals surface area contributed by atoms with Crippen LogP contribution in [0.4, 0.5) is 4.79 Å². The van der Waals surface area contributed by atoms with Gasteiger partial charge >= 0.3 is 6.09 Å². The molecule has 0 fully saturated rings. The molecule has 1 unspecified atom stereocenters. The van der Waals surface area contributed by atoms with E-state index in [9.17, 15) is 14.4 Å². The number of hydrazine groups is 1. The summed E-state index contributed by atoms with van der Waals surface area (Å²) >= 11 is 0. The van der Waals surface area contributed by atoms with Gasteiger partial charge in [0.25, 0.3) is 5.91 Å². The van der Waals surface area contributed by atoms with Gasteiger partial charge in [-0.15, -0.1) is 0 Å². The number of aldehydes is 1. The van der Waals surface area contributed by atoms with Gasteiger partial charge in [0.1, 0.15) is 25.5 Å². The summed E-state index contributed by atoms with van der Waals surface area (Å²) < 4.78 is 17.1. The normalized spacial score (nSPS) is 13.3. The van der Waals surface area contributed by atoms with Crippen molar-refractivity contribution in [1.29, 1.82) is 0 Å². The highest BCUT2D eigenvalue weighted by Crippen LogP contribution is 2.44. The van der Waals surface area contributed by atoms with Crippen LogP contribution >= 0.6 is 0 Å². The zero-order chi connectivity index (χ0) is 33.7. The van der Waals surface area contributed by atoms with Crippen molar-refractivity contribution in [3.8, 4) is 11.1 Å². The molecular weight excluding hydrogens is 606 g/mol. The Hall–Kier alpha value is -4.83. The molecule has 48 heavy (non-hydrogen) atoms. The Morgan fingerprint density at radius 2 is 1.42 bits per heavy atom. The number of nitrogens with zero attached hydrogens (tertiary/aromatic N) is 2. The molecule has 0 saturated heterocycles. The molecule has 1 aliphatic carbocycles. The summed E-state index contributed by atoms with van der Waals surface area (Å²) in [5.74, 6) is -0.574. The van der Waals surface area contributed by atoms with Crippen molar-refractivity contribution in [2.24, 2.45) is 0 Å². The number of alkyl carbamates (subject to hydrolysis) is 1. The maximum Gasteiger partial charge on any atom is 0.407 e. The largest absolute Gasteiger partial charge is 0.449 e. The first-order valence-corrected chi connectivity index (χ1v) is 16.4. The molecule has 0 heterocycles. The standard InChI is InChI=1S/C39H43N3O6/c1-3-47-38(46-2)26-41(23-22-29-14-6-4-7-15-29)42(31(27-43)24-30-16-8-5-9-17-30)37(44)25-40-39(45)48-28-36-34-20-12-10-18-32(34)33-19-11-13-21-35(33)36/h4-21,27,31,36,38H,3,22-26,28H2,1-2H3,(H,40,45)/t31-,38?/m0/s1. The number of nitrogens with one attached hydrogen (secondary N) is 1. The Morgan fingerprint density at radius 1 is 0.833 bits per heavy atom. The summed E-state index contributed by atoms with van der Waals surface area (Å²) in [4.78, 5) is 39.8. The number of hydrogen-bond donors (Lipinski definition) is 1. The van der Waals surface area contributed by atoms with Crippen molar-refractivity contribution < 1.29 is 28.6 Å². The minimum Gasteiger partial charge on any atom is -0.449 e. The lowest BCUT2D eigenvalue weighted by atomic mass is 9.98. The van der Waals surface area contributed by atoms with Crippen molar-refractivity contribution in [2.45, 2.75) is 38.0 Å². The molecule has 5 rings (SSSR count). The van der Waals surface area contributed by atoms with Gasteiger partial charge in [-0.2, -0.15) is 0 Å². The van der Waals surface area contributed by atoms with Crippen LogP contribution in [-0.2, 0) is 36.6 Å². The summed E-state index contributed by atoms with van der Waals surface area (Å²) in [6.45, 7) is 2.61. The summed E-state index contributed by atoms with van der Waals surface area (Å²) in [7, 11) is 1.54. The van der Waals surface area contributed by atoms with Crippen LogP contribution in [0.15, 0.2) is 109 Å². The Morgan fingerprint density at radius 3 is 2.00 bits per heavy atom. The van der Waals surface area contributed by atoms with Gasteiger partial charge in [0, 0.05) is 32.6 Å². The Kier molecular flexibility index (Phi) is 12.5. The van der Waals surface area contributed by atoms with Crippen LogP contribution in [0.5, 0.6) is 0 Å². The van der Waals surface area contributed by atoms with E-state index in [2.05, 4.69) is 29.6 Å². The van der Waals surface area contributed by atoms with Crippen molar-refractivity contribution in [3.63, 3.8) is 0 Å². The second kappa shape index (κ2) is 17.4.